The van der Waals surface area contributed by atoms with Crippen molar-refractivity contribution >= 4 is 29.1 Å². The summed E-state index contributed by atoms with van der Waals surface area (Å²) >= 11 is 11.5. The van der Waals surface area contributed by atoms with Gasteiger partial charge in [0, 0.05) is 25.2 Å². The lowest BCUT2D eigenvalue weighted by atomic mass is 10.1. The number of hydrogen-bond donors (Lipinski definition) is 3. The van der Waals surface area contributed by atoms with Crippen LogP contribution >= 0.6 is 23.2 Å². The van der Waals surface area contributed by atoms with Gasteiger partial charge in [0.1, 0.15) is 17.4 Å². The fourth-order valence-corrected chi connectivity index (χ4v) is 1.59. The van der Waals surface area contributed by atoms with E-state index in [0.29, 0.717) is 5.02 Å². The molecule has 0 fully saturated rings. The average molecular weight is 279 g/mol. The number of nitrogens with zero attached hydrogens (tertiary/aromatic N) is 1. The number of carbonyl (C=O) groups is 1. The highest BCUT2D eigenvalue weighted by Gasteiger charge is 2.21. The van der Waals surface area contributed by atoms with Crippen LogP contribution in [0, 0.1) is 0 Å². The molecule has 0 saturated heterocycles. The van der Waals surface area contributed by atoms with Crippen molar-refractivity contribution in [3.63, 3.8) is 0 Å². The molecule has 0 radical (unpaired) electrons. The van der Waals surface area contributed by atoms with E-state index in [0.717, 1.165) is 0 Å². The van der Waals surface area contributed by atoms with Gasteiger partial charge in [0.05, 0.1) is 5.02 Å². The molecule has 1 aromatic heterocycles. The number of aromatic nitrogens is 1. The SMILES string of the molecule is CC(=O)NCC(O)C(O)c1cc(Cl)cnc1Cl. The summed E-state index contributed by atoms with van der Waals surface area (Å²) in [5.74, 6) is -0.299. The molecule has 94 valence electrons. The molecule has 0 aliphatic carbocycles. The predicted octanol–water partition coefficient (Wildman–Crippen LogP) is 0.919. The summed E-state index contributed by atoms with van der Waals surface area (Å²) in [5, 5.41) is 22.2. The van der Waals surface area contributed by atoms with E-state index in [1.54, 1.807) is 0 Å². The molecular formula is C10H12Cl2N2O3. The lowest BCUT2D eigenvalue weighted by Crippen LogP contribution is -2.34. The summed E-state index contributed by atoms with van der Waals surface area (Å²) in [4.78, 5) is 14.4. The Labute approximate surface area is 108 Å². The second-order valence-electron chi connectivity index (χ2n) is 3.48. The van der Waals surface area contributed by atoms with Crippen LogP contribution in [0.1, 0.15) is 18.6 Å². The number of carbonyl (C=O) groups excluding carboxylic acids is 1. The minimum atomic E-state index is -1.26. The van der Waals surface area contributed by atoms with Crippen molar-refractivity contribution in [2.45, 2.75) is 19.1 Å². The monoisotopic (exact) mass is 278 g/mol. The maximum absolute atomic E-state index is 10.7. The molecule has 1 heterocycles. The van der Waals surface area contributed by atoms with Crippen molar-refractivity contribution in [3.8, 4) is 0 Å². The Morgan fingerprint density at radius 3 is 2.76 bits per heavy atom. The van der Waals surface area contributed by atoms with Gasteiger partial charge >= 0.3 is 0 Å². The van der Waals surface area contributed by atoms with E-state index in [1.165, 1.54) is 19.2 Å². The largest absolute Gasteiger partial charge is 0.388 e. The van der Waals surface area contributed by atoms with E-state index in [9.17, 15) is 15.0 Å². The fourth-order valence-electron chi connectivity index (χ4n) is 1.21. The van der Waals surface area contributed by atoms with Gasteiger partial charge in [0.2, 0.25) is 5.91 Å². The van der Waals surface area contributed by atoms with Crippen molar-refractivity contribution < 1.29 is 15.0 Å². The van der Waals surface area contributed by atoms with Crippen LogP contribution in [0.5, 0.6) is 0 Å². The summed E-state index contributed by atoms with van der Waals surface area (Å²) in [6.45, 7) is 1.23. The standard InChI is InChI=1S/C10H12Cl2N2O3/c1-5(15)13-4-8(16)9(17)7-2-6(11)3-14-10(7)12/h2-3,8-9,16-17H,4H2,1H3,(H,13,15). The Hall–Kier alpha value is -0.880. The topological polar surface area (TPSA) is 82.5 Å². The van der Waals surface area contributed by atoms with Gasteiger partial charge in [-0.1, -0.05) is 23.2 Å². The third kappa shape index (κ3) is 4.12. The van der Waals surface area contributed by atoms with Crippen molar-refractivity contribution in [2.24, 2.45) is 0 Å². The van der Waals surface area contributed by atoms with E-state index in [4.69, 9.17) is 23.2 Å². The quantitative estimate of drug-likeness (QED) is 0.716. The van der Waals surface area contributed by atoms with Crippen molar-refractivity contribution in [1.82, 2.24) is 10.3 Å². The minimum absolute atomic E-state index is 0.0591. The van der Waals surface area contributed by atoms with Crippen LogP contribution in [-0.2, 0) is 4.79 Å². The number of nitrogens with one attached hydrogen (secondary N) is 1. The zero-order valence-electron chi connectivity index (χ0n) is 9.02. The maximum atomic E-state index is 10.7. The molecule has 0 saturated carbocycles. The number of aliphatic hydroxyl groups excluding tert-OH is 2. The molecule has 0 aromatic carbocycles. The lowest BCUT2D eigenvalue weighted by Gasteiger charge is -2.19. The second kappa shape index (κ2) is 6.16. The highest BCUT2D eigenvalue weighted by molar-refractivity contribution is 6.32. The first-order valence-corrected chi connectivity index (χ1v) is 5.59. The van der Waals surface area contributed by atoms with Crippen LogP contribution in [0.25, 0.3) is 0 Å². The smallest absolute Gasteiger partial charge is 0.216 e. The van der Waals surface area contributed by atoms with Gasteiger partial charge in [0.15, 0.2) is 0 Å². The summed E-state index contributed by atoms with van der Waals surface area (Å²) in [6.07, 6.45) is -1.11. The molecule has 0 bridgehead atoms. The van der Waals surface area contributed by atoms with Crippen LogP contribution in [0.3, 0.4) is 0 Å². The normalized spacial score (nSPS) is 14.2. The van der Waals surface area contributed by atoms with E-state index < -0.39 is 12.2 Å². The van der Waals surface area contributed by atoms with E-state index in [1.807, 2.05) is 0 Å². The number of halogens is 2. The Morgan fingerprint density at radius 2 is 2.18 bits per heavy atom. The molecule has 7 heteroatoms. The maximum Gasteiger partial charge on any atom is 0.216 e. The summed E-state index contributed by atoms with van der Waals surface area (Å²) in [6, 6.07) is 1.42. The van der Waals surface area contributed by atoms with Gasteiger partial charge in [-0.15, -0.1) is 0 Å². The Balaban J connectivity index is 2.77. The number of rotatable bonds is 4. The van der Waals surface area contributed by atoms with E-state index >= 15 is 0 Å². The first kappa shape index (κ1) is 14.2. The van der Waals surface area contributed by atoms with Gasteiger partial charge in [-0.25, -0.2) is 4.98 Å². The van der Waals surface area contributed by atoms with Gasteiger partial charge in [-0.2, -0.15) is 0 Å². The first-order chi connectivity index (χ1) is 7.91. The number of pyridine rings is 1. The van der Waals surface area contributed by atoms with E-state index in [2.05, 4.69) is 10.3 Å². The molecule has 1 rings (SSSR count). The zero-order chi connectivity index (χ0) is 13.0. The van der Waals surface area contributed by atoms with Gasteiger partial charge in [-0.3, -0.25) is 4.79 Å². The Bertz CT molecular complexity index is 415. The third-order valence-corrected chi connectivity index (χ3v) is 2.60. The molecule has 1 aromatic rings. The molecule has 5 nitrogen and oxygen atoms in total. The number of aliphatic hydroxyl groups is 2. The molecule has 0 spiro atoms. The van der Waals surface area contributed by atoms with Crippen LogP contribution < -0.4 is 5.32 Å². The molecule has 0 aliphatic heterocycles. The zero-order valence-corrected chi connectivity index (χ0v) is 10.5. The number of hydrogen-bond acceptors (Lipinski definition) is 4. The molecule has 0 aliphatic rings. The molecule has 17 heavy (non-hydrogen) atoms. The van der Waals surface area contributed by atoms with Gasteiger partial charge in [0.25, 0.3) is 0 Å². The van der Waals surface area contributed by atoms with Crippen molar-refractivity contribution in [3.05, 3.63) is 28.0 Å². The summed E-state index contributed by atoms with van der Waals surface area (Å²) in [5.41, 5.74) is 0.219. The van der Waals surface area contributed by atoms with Crippen LogP contribution in [0.2, 0.25) is 10.2 Å². The molecule has 2 atom stereocenters. The molecule has 1 amide bonds. The highest BCUT2D eigenvalue weighted by atomic mass is 35.5. The number of amides is 1. The average Bonchev–Trinajstić information content (AvgIpc) is 2.28. The van der Waals surface area contributed by atoms with Gasteiger partial charge in [-0.05, 0) is 6.07 Å². The highest BCUT2D eigenvalue weighted by Crippen LogP contribution is 2.26. The fraction of sp³-hybridized carbons (Fsp3) is 0.400. The minimum Gasteiger partial charge on any atom is -0.388 e. The molecule has 3 N–H and O–H groups in total. The van der Waals surface area contributed by atoms with E-state index in [-0.39, 0.29) is 23.2 Å². The Morgan fingerprint density at radius 1 is 1.53 bits per heavy atom. The predicted molar refractivity (Wildman–Crippen MR) is 63.9 cm³/mol. The van der Waals surface area contributed by atoms with Crippen LogP contribution in [0.4, 0.5) is 0 Å². The first-order valence-electron chi connectivity index (χ1n) is 4.83. The van der Waals surface area contributed by atoms with Crippen LogP contribution in [-0.4, -0.2) is 33.8 Å². The van der Waals surface area contributed by atoms with Crippen molar-refractivity contribution in [2.75, 3.05) is 6.54 Å². The van der Waals surface area contributed by atoms with Gasteiger partial charge < -0.3 is 15.5 Å². The lowest BCUT2D eigenvalue weighted by molar-refractivity contribution is -0.119. The molecular weight excluding hydrogens is 267 g/mol. The molecule has 2 unspecified atom stereocenters. The Kier molecular flexibility index (Phi) is 5.14. The van der Waals surface area contributed by atoms with Crippen LogP contribution in [0.15, 0.2) is 12.3 Å². The summed E-state index contributed by atoms with van der Waals surface area (Å²) < 4.78 is 0. The third-order valence-electron chi connectivity index (χ3n) is 2.08. The van der Waals surface area contributed by atoms with Crippen molar-refractivity contribution in [1.29, 1.82) is 0 Å². The summed E-state index contributed by atoms with van der Waals surface area (Å²) in [7, 11) is 0. The second-order valence-corrected chi connectivity index (χ2v) is 4.28.